The minimum absolute atomic E-state index is 0. The predicted molar refractivity (Wildman–Crippen MR) is 270 cm³/mol. The first-order valence-electron chi connectivity index (χ1n) is 21.6. The van der Waals surface area contributed by atoms with Crippen LogP contribution in [0.4, 0.5) is 28.9 Å². The summed E-state index contributed by atoms with van der Waals surface area (Å²) < 4.78 is 56.7. The molecule has 1 amide bonds. The maximum absolute atomic E-state index is 13.6. The molecule has 8 aromatic rings. The van der Waals surface area contributed by atoms with Crippen LogP contribution in [0.5, 0.6) is 0 Å². The molecule has 0 saturated carbocycles. The number of aromatic nitrogens is 7. The minimum atomic E-state index is -0.719. The van der Waals surface area contributed by atoms with E-state index in [0.717, 1.165) is 39.3 Å². The van der Waals surface area contributed by atoms with Crippen LogP contribution in [-0.2, 0) is 22.7 Å². The summed E-state index contributed by atoms with van der Waals surface area (Å²) in [5.41, 5.74) is 10.9. The van der Waals surface area contributed by atoms with E-state index in [4.69, 9.17) is 17.3 Å². The van der Waals surface area contributed by atoms with Crippen molar-refractivity contribution in [2.75, 3.05) is 52.3 Å². The molecule has 8 rings (SSSR count). The van der Waals surface area contributed by atoms with Crippen molar-refractivity contribution in [2.24, 2.45) is 0 Å². The summed E-state index contributed by atoms with van der Waals surface area (Å²) in [5, 5.41) is 11.1. The first-order valence-corrected chi connectivity index (χ1v) is 22.0. The Kier molecular flexibility index (Phi) is 21.3. The van der Waals surface area contributed by atoms with E-state index in [9.17, 15) is 36.7 Å². The minimum Gasteiger partial charge on any atom is -1.00 e. The lowest BCUT2D eigenvalue weighted by atomic mass is 10.1. The number of nitrogen functional groups attached to an aromatic ring is 1. The van der Waals surface area contributed by atoms with Gasteiger partial charge in [-0.3, -0.25) is 24.2 Å². The van der Waals surface area contributed by atoms with Gasteiger partial charge in [-0.05, 0) is 97.5 Å². The van der Waals surface area contributed by atoms with Crippen LogP contribution in [0.2, 0.25) is 0 Å². The fourth-order valence-electron chi connectivity index (χ4n) is 6.71. The van der Waals surface area contributed by atoms with E-state index in [1.54, 1.807) is 23.2 Å². The highest BCUT2D eigenvalue weighted by molar-refractivity contribution is 6.63. The van der Waals surface area contributed by atoms with Crippen molar-refractivity contribution in [3.8, 4) is 45.2 Å². The molecule has 0 spiro atoms. The molecule has 0 aliphatic heterocycles. The summed E-state index contributed by atoms with van der Waals surface area (Å²) in [6.45, 7) is 1.01. The van der Waals surface area contributed by atoms with Gasteiger partial charge in [-0.25, -0.2) is 36.9 Å². The molecule has 0 aliphatic rings. The third kappa shape index (κ3) is 17.7. The monoisotopic (exact) mass is 1040 g/mol. The lowest BCUT2D eigenvalue weighted by Crippen LogP contribution is -3.06. The van der Waals surface area contributed by atoms with Crippen LogP contribution in [0, 0.1) is 23.3 Å². The molecule has 0 unspecified atom stereocenters. The number of benzene rings is 4. The van der Waals surface area contributed by atoms with Crippen LogP contribution < -0.4 is 39.5 Å². The fraction of sp³-hybridized carbons (Fsp3) is 0.173. The van der Waals surface area contributed by atoms with Gasteiger partial charge in [0.15, 0.2) is 12.4 Å². The van der Waals surface area contributed by atoms with Crippen LogP contribution in [0.15, 0.2) is 150 Å². The molecule has 21 heteroatoms. The number of rotatable bonds is 13. The number of halogens is 6. The van der Waals surface area contributed by atoms with E-state index >= 15 is 0 Å². The number of pyridine rings is 1. The molecule has 15 nitrogen and oxygen atoms in total. The van der Waals surface area contributed by atoms with E-state index in [2.05, 4.69) is 30.5 Å². The number of nitrogens with two attached hydrogens (primary N) is 1. The number of hydrogen-bond donors (Lipinski definition) is 3. The van der Waals surface area contributed by atoms with Gasteiger partial charge < -0.3 is 33.3 Å². The molecule has 0 radical (unpaired) electrons. The standard InChI is InChI=1S/C26H23F2N5O2.C21H15F2N5O.C4H8ClNO.CH4.ClH/c1-32(2)16-25(34)30-22-6-7-23(29-14-22)18-5-3-4-17(10-18)15-33-26(35)9-8-24(31-33)19-11-20(27)13-21(28)12-19;22-16-7-15(8-17(23)9-16)19-4-5-20(29)28(27-19)12-13-2-1-3-14(6-13)21-25-10-18(24)11-26-21;1-6(2)3-4(5)7;;/h3-14H,15-16H2,1-2H3,(H,30,34);1-11H,12,24H2;3H2,1-2H3;1H4;1H. The smallest absolute Gasteiger partial charge is 0.276 e. The largest absolute Gasteiger partial charge is 1.00 e. The second-order valence-corrected chi connectivity index (χ2v) is 16.9. The number of nitrogens with zero attached hydrogens (tertiary/aromatic N) is 8. The van der Waals surface area contributed by atoms with Crippen molar-refractivity contribution in [2.45, 2.75) is 20.5 Å². The number of nitrogens with one attached hydrogen (secondary N) is 2. The molecule has 0 bridgehead atoms. The quantitative estimate of drug-likeness (QED) is 0.113. The average Bonchev–Trinajstić information content (AvgIpc) is 3.30. The lowest BCUT2D eigenvalue weighted by Gasteiger charge is -2.11. The van der Waals surface area contributed by atoms with Crippen molar-refractivity contribution in [3.63, 3.8) is 0 Å². The van der Waals surface area contributed by atoms with Gasteiger partial charge in [-0.15, -0.1) is 0 Å². The molecule has 4 aromatic carbocycles. The number of quaternary nitrogens is 1. The highest BCUT2D eigenvalue weighted by Crippen LogP contribution is 2.23. The first kappa shape index (κ1) is 57.6. The molecule has 73 heavy (non-hydrogen) atoms. The number of hydrogen-bond acceptors (Lipinski definition) is 11. The van der Waals surface area contributed by atoms with Crippen LogP contribution >= 0.6 is 11.6 Å². The van der Waals surface area contributed by atoms with Gasteiger partial charge in [0.2, 0.25) is 5.91 Å². The van der Waals surface area contributed by atoms with E-state index in [0.29, 0.717) is 35.1 Å². The molecule has 4 aromatic heterocycles. The van der Waals surface area contributed by atoms with Gasteiger partial charge in [-0.2, -0.15) is 10.2 Å². The first-order chi connectivity index (χ1) is 33.9. The Morgan fingerprint density at radius 3 is 1.52 bits per heavy atom. The fourth-order valence-corrected chi connectivity index (χ4v) is 6.98. The van der Waals surface area contributed by atoms with Crippen LogP contribution in [-0.4, -0.2) is 91.8 Å². The molecule has 380 valence electrons. The number of likely N-dealkylation sites (N-methyl/N-ethyl adjacent to an activating group) is 2. The predicted octanol–water partition coefficient (Wildman–Crippen LogP) is 3.61. The Morgan fingerprint density at radius 2 is 1.10 bits per heavy atom. The Bertz CT molecular complexity index is 3230. The third-order valence-corrected chi connectivity index (χ3v) is 9.93. The van der Waals surface area contributed by atoms with Crippen LogP contribution in [0.25, 0.3) is 45.2 Å². The highest BCUT2D eigenvalue weighted by Gasteiger charge is 2.12. The lowest BCUT2D eigenvalue weighted by molar-refractivity contribution is -0.848. The summed E-state index contributed by atoms with van der Waals surface area (Å²) in [7, 11) is 7.38. The zero-order valence-electron chi connectivity index (χ0n) is 39.2. The van der Waals surface area contributed by atoms with E-state index in [1.165, 1.54) is 70.3 Å². The maximum Gasteiger partial charge on any atom is 0.276 e. The SMILES string of the molecule is C.CN(C)CC(=O)Nc1ccc(-c2cccc(Cn3nc(-c4cc(F)cc(F)c4)ccc3=O)c2)nc1.C[NH+](C)CC(=O)Cl.Nc1cnc(-c2cccc(Cn3nc(-c4cc(F)cc(F)c4)ccc3=O)c2)nc1.[Cl-]. The number of carbonyl (C=O) groups excluding carboxylic acids is 2. The summed E-state index contributed by atoms with van der Waals surface area (Å²) in [4.78, 5) is 62.2. The van der Waals surface area contributed by atoms with Crippen molar-refractivity contribution in [1.29, 1.82) is 0 Å². The average molecular weight is 1040 g/mol. The molecular weight excluding hydrogens is 990 g/mol. The Hall–Kier alpha value is -7.97. The van der Waals surface area contributed by atoms with Gasteiger partial charge in [0.25, 0.3) is 16.4 Å². The van der Waals surface area contributed by atoms with Gasteiger partial charge in [0.05, 0.1) is 80.8 Å². The zero-order valence-corrected chi connectivity index (χ0v) is 40.7. The van der Waals surface area contributed by atoms with Crippen LogP contribution in [0.1, 0.15) is 18.6 Å². The van der Waals surface area contributed by atoms with E-state index < -0.39 is 23.3 Å². The normalized spacial score (nSPS) is 10.5. The van der Waals surface area contributed by atoms with Crippen molar-refractivity contribution < 1.29 is 44.5 Å². The number of amides is 1. The Labute approximate surface area is 429 Å². The molecule has 0 atom stereocenters. The Balaban J connectivity index is 0.000000276. The topological polar surface area (TPSA) is 188 Å². The maximum atomic E-state index is 13.6. The van der Waals surface area contributed by atoms with Gasteiger partial charge in [0.1, 0.15) is 23.3 Å². The van der Waals surface area contributed by atoms with Crippen molar-refractivity contribution >= 4 is 34.1 Å². The van der Waals surface area contributed by atoms with Crippen LogP contribution in [0.3, 0.4) is 0 Å². The van der Waals surface area contributed by atoms with Crippen molar-refractivity contribution in [3.05, 3.63) is 195 Å². The van der Waals surface area contributed by atoms with Gasteiger partial charge >= 0.3 is 0 Å². The van der Waals surface area contributed by atoms with E-state index in [-0.39, 0.29) is 78.6 Å². The summed E-state index contributed by atoms with van der Waals surface area (Å²) in [6.07, 6.45) is 4.62. The third-order valence-electron chi connectivity index (χ3n) is 9.79. The molecule has 4 heterocycles. The molecule has 4 N–H and O–H groups in total. The zero-order chi connectivity index (χ0) is 51.2. The molecule has 0 saturated heterocycles. The summed E-state index contributed by atoms with van der Waals surface area (Å²) in [5.74, 6) is -2.49. The summed E-state index contributed by atoms with van der Waals surface area (Å²) in [6, 6.07) is 30.1. The molecule has 0 fully saturated rings. The highest BCUT2D eigenvalue weighted by atomic mass is 35.5. The van der Waals surface area contributed by atoms with Gasteiger partial charge in [0, 0.05) is 46.5 Å². The number of carbonyl (C=O) groups is 2. The second-order valence-electron chi connectivity index (χ2n) is 16.4. The Morgan fingerprint density at radius 1 is 0.630 bits per heavy atom. The van der Waals surface area contributed by atoms with Gasteiger partial charge in [-0.1, -0.05) is 43.8 Å². The number of anilines is 2. The molecular formula is C52H51Cl2F4N11O4. The van der Waals surface area contributed by atoms with Crippen molar-refractivity contribution in [1.82, 2.24) is 39.4 Å². The molecule has 0 aliphatic carbocycles. The van der Waals surface area contributed by atoms with E-state index in [1.807, 2.05) is 76.7 Å². The summed E-state index contributed by atoms with van der Waals surface area (Å²) >= 11 is 5.01. The second kappa shape index (κ2) is 27.0.